The first-order valence-electron chi connectivity index (χ1n) is 8.30. The third kappa shape index (κ3) is 2.86. The number of fused-ring (bicyclic) bond motifs is 1. The zero-order valence-corrected chi connectivity index (χ0v) is 16.1. The van der Waals surface area contributed by atoms with Gasteiger partial charge in [-0.1, -0.05) is 45.0 Å². The third-order valence-electron chi connectivity index (χ3n) is 4.78. The molecule has 0 aliphatic carbocycles. The molecule has 0 atom stereocenters. The fraction of sp³-hybridized carbons (Fsp3) is 0.350. The molecule has 2 aromatic carbocycles. The standard InChI is InChI=1S/C20H23NO3S/c1-13-10-15(20(3,4)5)11-14(2)17(13)12-21-19(22)16-8-6-7-9-18(16)25(21,23)24/h6-11H,12H2,1-5H3. The molecule has 3 rings (SSSR count). The Kier molecular flexibility index (Phi) is 4.03. The molecular formula is C20H23NO3S. The van der Waals surface area contributed by atoms with E-state index in [0.29, 0.717) is 0 Å². The van der Waals surface area contributed by atoms with Gasteiger partial charge in [-0.2, -0.15) is 0 Å². The van der Waals surface area contributed by atoms with Gasteiger partial charge >= 0.3 is 0 Å². The summed E-state index contributed by atoms with van der Waals surface area (Å²) >= 11 is 0. The summed E-state index contributed by atoms with van der Waals surface area (Å²) in [6.07, 6.45) is 0. The molecule has 5 heteroatoms. The van der Waals surface area contributed by atoms with Crippen molar-refractivity contribution in [2.45, 2.75) is 51.5 Å². The van der Waals surface area contributed by atoms with Crippen molar-refractivity contribution in [1.29, 1.82) is 0 Å². The van der Waals surface area contributed by atoms with Crippen LogP contribution in [-0.2, 0) is 22.0 Å². The molecule has 0 radical (unpaired) electrons. The predicted molar refractivity (Wildman–Crippen MR) is 98.1 cm³/mol. The Bertz CT molecular complexity index is 946. The molecule has 1 amide bonds. The number of aryl methyl sites for hydroxylation is 2. The highest BCUT2D eigenvalue weighted by Crippen LogP contribution is 2.33. The summed E-state index contributed by atoms with van der Waals surface area (Å²) in [7, 11) is -3.78. The summed E-state index contributed by atoms with van der Waals surface area (Å²) in [6.45, 7) is 10.4. The van der Waals surface area contributed by atoms with Crippen molar-refractivity contribution in [3.8, 4) is 0 Å². The molecule has 0 spiro atoms. The van der Waals surface area contributed by atoms with Crippen molar-refractivity contribution in [3.05, 3.63) is 64.2 Å². The fourth-order valence-electron chi connectivity index (χ4n) is 3.21. The Hall–Kier alpha value is -2.14. The van der Waals surface area contributed by atoms with Crippen LogP contribution in [0.3, 0.4) is 0 Å². The number of hydrogen-bond acceptors (Lipinski definition) is 3. The number of rotatable bonds is 2. The van der Waals surface area contributed by atoms with Crippen LogP contribution < -0.4 is 0 Å². The van der Waals surface area contributed by atoms with Gasteiger partial charge in [0.25, 0.3) is 15.9 Å². The summed E-state index contributed by atoms with van der Waals surface area (Å²) in [5.41, 5.74) is 4.36. The van der Waals surface area contributed by atoms with E-state index in [0.717, 1.165) is 21.0 Å². The number of hydrogen-bond donors (Lipinski definition) is 0. The van der Waals surface area contributed by atoms with Crippen LogP contribution in [0.25, 0.3) is 0 Å². The molecule has 25 heavy (non-hydrogen) atoms. The average molecular weight is 357 g/mol. The fourth-order valence-corrected chi connectivity index (χ4v) is 4.74. The monoisotopic (exact) mass is 357 g/mol. The SMILES string of the molecule is Cc1cc(C(C)(C)C)cc(C)c1CN1C(=O)c2ccccc2S1(=O)=O. The molecule has 0 aromatic heterocycles. The Morgan fingerprint density at radius 2 is 1.56 bits per heavy atom. The minimum atomic E-state index is -3.78. The molecule has 0 saturated heterocycles. The van der Waals surface area contributed by atoms with Crippen molar-refractivity contribution in [1.82, 2.24) is 4.31 Å². The highest BCUT2D eigenvalue weighted by Gasteiger charge is 2.41. The molecule has 2 aromatic rings. The maximum absolute atomic E-state index is 12.8. The molecule has 0 unspecified atom stereocenters. The lowest BCUT2D eigenvalue weighted by Gasteiger charge is -2.24. The quantitative estimate of drug-likeness (QED) is 0.818. The number of sulfonamides is 1. The summed E-state index contributed by atoms with van der Waals surface area (Å²) in [5, 5.41) is 0. The van der Waals surface area contributed by atoms with Crippen LogP contribution in [0.15, 0.2) is 41.3 Å². The number of benzene rings is 2. The first kappa shape index (κ1) is 17.7. The van der Waals surface area contributed by atoms with E-state index in [1.54, 1.807) is 18.2 Å². The summed E-state index contributed by atoms with van der Waals surface area (Å²) in [6, 6.07) is 10.6. The van der Waals surface area contributed by atoms with E-state index in [9.17, 15) is 13.2 Å². The second kappa shape index (κ2) is 5.70. The first-order chi connectivity index (χ1) is 11.5. The van der Waals surface area contributed by atoms with Gasteiger partial charge in [0.2, 0.25) is 0 Å². The second-order valence-electron chi connectivity index (χ2n) is 7.65. The van der Waals surface area contributed by atoms with Crippen molar-refractivity contribution in [3.63, 3.8) is 0 Å². The normalized spacial score (nSPS) is 16.2. The van der Waals surface area contributed by atoms with Gasteiger partial charge in [0.05, 0.1) is 12.1 Å². The van der Waals surface area contributed by atoms with E-state index in [1.807, 2.05) is 13.8 Å². The lowest BCUT2D eigenvalue weighted by molar-refractivity contribution is 0.0864. The topological polar surface area (TPSA) is 54.5 Å². The number of carbonyl (C=O) groups is 1. The van der Waals surface area contributed by atoms with Crippen LogP contribution in [0.4, 0.5) is 0 Å². The van der Waals surface area contributed by atoms with Crippen LogP contribution in [-0.4, -0.2) is 18.6 Å². The maximum Gasteiger partial charge on any atom is 0.269 e. The maximum atomic E-state index is 12.8. The van der Waals surface area contributed by atoms with Crippen LogP contribution in [0.5, 0.6) is 0 Å². The third-order valence-corrected chi connectivity index (χ3v) is 6.56. The smallest absolute Gasteiger partial charge is 0.268 e. The number of amides is 1. The Morgan fingerprint density at radius 3 is 2.08 bits per heavy atom. The largest absolute Gasteiger partial charge is 0.269 e. The lowest BCUT2D eigenvalue weighted by Crippen LogP contribution is -2.30. The van der Waals surface area contributed by atoms with Gasteiger partial charge in [-0.15, -0.1) is 0 Å². The minimum absolute atomic E-state index is 0.0137. The molecule has 1 aliphatic heterocycles. The molecule has 1 heterocycles. The highest BCUT2D eigenvalue weighted by atomic mass is 32.2. The van der Waals surface area contributed by atoms with E-state index in [4.69, 9.17) is 0 Å². The Morgan fingerprint density at radius 1 is 1.00 bits per heavy atom. The van der Waals surface area contributed by atoms with E-state index in [1.165, 1.54) is 11.6 Å². The zero-order chi connectivity index (χ0) is 18.6. The molecule has 0 fully saturated rings. The molecule has 0 N–H and O–H groups in total. The summed E-state index contributed by atoms with van der Waals surface area (Å²) in [5.74, 6) is -0.450. The van der Waals surface area contributed by atoms with Crippen LogP contribution >= 0.6 is 0 Å². The molecular weight excluding hydrogens is 334 g/mol. The summed E-state index contributed by atoms with van der Waals surface area (Å²) in [4.78, 5) is 12.7. The molecule has 0 bridgehead atoms. The molecule has 1 aliphatic rings. The van der Waals surface area contributed by atoms with Crippen LogP contribution in [0.2, 0.25) is 0 Å². The summed E-state index contributed by atoms with van der Waals surface area (Å²) < 4.78 is 26.5. The van der Waals surface area contributed by atoms with Gasteiger partial charge in [-0.05, 0) is 53.6 Å². The van der Waals surface area contributed by atoms with Gasteiger partial charge in [-0.3, -0.25) is 4.79 Å². The van der Waals surface area contributed by atoms with Crippen LogP contribution in [0.1, 0.15) is 53.4 Å². The second-order valence-corrected chi connectivity index (χ2v) is 9.48. The number of nitrogens with zero attached hydrogens (tertiary/aromatic N) is 1. The highest BCUT2D eigenvalue weighted by molar-refractivity contribution is 7.90. The molecule has 4 nitrogen and oxygen atoms in total. The minimum Gasteiger partial charge on any atom is -0.268 e. The van der Waals surface area contributed by atoms with Gasteiger partial charge < -0.3 is 0 Å². The van der Waals surface area contributed by atoms with Gasteiger partial charge in [-0.25, -0.2) is 12.7 Å². The van der Waals surface area contributed by atoms with Crippen molar-refractivity contribution in [2.24, 2.45) is 0 Å². The molecule has 0 saturated carbocycles. The van der Waals surface area contributed by atoms with Gasteiger partial charge in [0.15, 0.2) is 0 Å². The van der Waals surface area contributed by atoms with E-state index in [2.05, 4.69) is 32.9 Å². The Balaban J connectivity index is 2.04. The first-order valence-corrected chi connectivity index (χ1v) is 9.74. The average Bonchev–Trinajstić information content (AvgIpc) is 2.70. The molecule has 132 valence electrons. The van der Waals surface area contributed by atoms with Crippen molar-refractivity contribution < 1.29 is 13.2 Å². The predicted octanol–water partition coefficient (Wildman–Crippen LogP) is 3.95. The van der Waals surface area contributed by atoms with E-state index < -0.39 is 15.9 Å². The van der Waals surface area contributed by atoms with Crippen molar-refractivity contribution in [2.75, 3.05) is 0 Å². The number of carbonyl (C=O) groups excluding carboxylic acids is 1. The van der Waals surface area contributed by atoms with Gasteiger partial charge in [0.1, 0.15) is 4.90 Å². The van der Waals surface area contributed by atoms with E-state index >= 15 is 0 Å². The zero-order valence-electron chi connectivity index (χ0n) is 15.3. The Labute approximate surface area is 149 Å². The van der Waals surface area contributed by atoms with Gasteiger partial charge in [0, 0.05) is 0 Å². The van der Waals surface area contributed by atoms with Crippen LogP contribution in [0, 0.1) is 13.8 Å². The van der Waals surface area contributed by atoms with E-state index in [-0.39, 0.29) is 22.4 Å². The van der Waals surface area contributed by atoms with Crippen molar-refractivity contribution >= 4 is 15.9 Å². The lowest BCUT2D eigenvalue weighted by atomic mass is 9.84.